The molecule has 2 fully saturated rings. The van der Waals surface area contributed by atoms with Crippen LogP contribution in [0.4, 0.5) is 10.2 Å². The first kappa shape index (κ1) is 28.0. The largest absolute Gasteiger partial charge is 0.354 e. The zero-order valence-electron chi connectivity index (χ0n) is 22.3. The van der Waals surface area contributed by atoms with E-state index in [0.29, 0.717) is 52.3 Å². The number of halogens is 3. The van der Waals surface area contributed by atoms with E-state index in [1.165, 1.54) is 0 Å². The maximum Gasteiger partial charge on any atom is 0.149 e. The van der Waals surface area contributed by atoms with Crippen LogP contribution in [0, 0.1) is 11.7 Å². The molecule has 9 heteroatoms. The molecule has 0 atom stereocenters. The van der Waals surface area contributed by atoms with Gasteiger partial charge in [0, 0.05) is 72.9 Å². The van der Waals surface area contributed by atoms with Crippen molar-refractivity contribution >= 4 is 35.3 Å². The van der Waals surface area contributed by atoms with Gasteiger partial charge in [-0.2, -0.15) is 0 Å². The van der Waals surface area contributed by atoms with Gasteiger partial charge < -0.3 is 14.6 Å². The number of nitrogens with zero attached hydrogens (tertiary/aromatic N) is 5. The number of piperidine rings is 1. The van der Waals surface area contributed by atoms with Crippen molar-refractivity contribution in [3.63, 3.8) is 0 Å². The van der Waals surface area contributed by atoms with Gasteiger partial charge in [0.2, 0.25) is 0 Å². The Morgan fingerprint density at radius 2 is 1.72 bits per heavy atom. The number of piperazine rings is 1. The number of likely N-dealkylation sites (tertiary alicyclic amines) is 1. The van der Waals surface area contributed by atoms with E-state index in [0.717, 1.165) is 75.3 Å². The van der Waals surface area contributed by atoms with E-state index < -0.39 is 0 Å². The SMILES string of the molecule is CN1CCN(c2ccc(Cc3nc(-c4cc(Cl)cc(Cl)c4)cc(CN4CCC(CC=O)CC4)c3F)cn2)CC1. The highest BCUT2D eigenvalue weighted by Crippen LogP contribution is 2.30. The van der Waals surface area contributed by atoms with Crippen molar-refractivity contribution in [1.29, 1.82) is 0 Å². The lowest BCUT2D eigenvalue weighted by atomic mass is 9.94. The fourth-order valence-electron chi connectivity index (χ4n) is 5.42. The lowest BCUT2D eigenvalue weighted by Crippen LogP contribution is -2.44. The summed E-state index contributed by atoms with van der Waals surface area (Å²) in [4.78, 5) is 27.2. The first-order valence-corrected chi connectivity index (χ1v) is 14.3. The number of hydrogen-bond donors (Lipinski definition) is 0. The summed E-state index contributed by atoms with van der Waals surface area (Å²) in [6.45, 7) is 6.07. The molecule has 0 N–H and O–H groups in total. The highest BCUT2D eigenvalue weighted by atomic mass is 35.5. The van der Waals surface area contributed by atoms with Crippen molar-refractivity contribution in [2.24, 2.45) is 5.92 Å². The molecule has 3 aromatic rings. The molecule has 4 heterocycles. The van der Waals surface area contributed by atoms with Gasteiger partial charge in [0.15, 0.2) is 0 Å². The number of benzene rings is 1. The molecular formula is C30H34Cl2FN5O. The standard InChI is InChI=1S/C30H34Cl2FN5O/c1-36-9-11-38(12-10-36)29-3-2-22(19-34-29)14-28-30(33)24(20-37-7-4-21(5-8-37)6-13-39)17-27(35-28)23-15-25(31)18-26(32)16-23/h2-3,13,15-19,21H,4-12,14,20H2,1H3. The number of aldehydes is 1. The summed E-state index contributed by atoms with van der Waals surface area (Å²) in [5.74, 6) is 1.08. The second-order valence-corrected chi connectivity index (χ2v) is 11.6. The van der Waals surface area contributed by atoms with E-state index in [2.05, 4.69) is 26.7 Å². The molecular weight excluding hydrogens is 536 g/mol. The van der Waals surface area contributed by atoms with Gasteiger partial charge in [-0.15, -0.1) is 0 Å². The zero-order valence-corrected chi connectivity index (χ0v) is 23.8. The number of anilines is 1. The number of carbonyl (C=O) groups excluding carboxylic acids is 1. The molecule has 0 spiro atoms. The van der Waals surface area contributed by atoms with Crippen molar-refractivity contribution in [1.82, 2.24) is 19.8 Å². The van der Waals surface area contributed by atoms with Crippen LogP contribution in [0.25, 0.3) is 11.3 Å². The lowest BCUT2D eigenvalue weighted by molar-refractivity contribution is -0.108. The van der Waals surface area contributed by atoms with E-state index >= 15 is 4.39 Å². The summed E-state index contributed by atoms with van der Waals surface area (Å²) in [6, 6.07) is 11.1. The Bertz CT molecular complexity index is 1270. The fourth-order valence-corrected chi connectivity index (χ4v) is 5.94. The van der Waals surface area contributed by atoms with Crippen molar-refractivity contribution in [3.8, 4) is 11.3 Å². The summed E-state index contributed by atoms with van der Waals surface area (Å²) in [5, 5.41) is 1.01. The number of likely N-dealkylation sites (N-methyl/N-ethyl adjacent to an activating group) is 1. The van der Waals surface area contributed by atoms with Gasteiger partial charge in [-0.25, -0.2) is 14.4 Å². The van der Waals surface area contributed by atoms with Crippen LogP contribution in [0.1, 0.15) is 36.1 Å². The summed E-state index contributed by atoms with van der Waals surface area (Å²) in [5.41, 5.74) is 3.28. The van der Waals surface area contributed by atoms with Crippen molar-refractivity contribution in [3.05, 3.63) is 75.3 Å². The molecule has 2 aliphatic rings. The molecule has 0 saturated carbocycles. The maximum atomic E-state index is 16.0. The Morgan fingerprint density at radius 3 is 2.36 bits per heavy atom. The van der Waals surface area contributed by atoms with E-state index in [4.69, 9.17) is 28.2 Å². The topological polar surface area (TPSA) is 52.6 Å². The Kier molecular flexibility index (Phi) is 9.13. The Hall–Kier alpha value is -2.58. The normalized spacial score (nSPS) is 17.5. The van der Waals surface area contributed by atoms with Crippen LogP contribution in [-0.4, -0.2) is 72.4 Å². The minimum absolute atomic E-state index is 0.287. The van der Waals surface area contributed by atoms with E-state index in [9.17, 15) is 4.79 Å². The third-order valence-electron chi connectivity index (χ3n) is 7.80. The second kappa shape index (κ2) is 12.7. The van der Waals surface area contributed by atoms with Crippen LogP contribution in [0.15, 0.2) is 42.6 Å². The van der Waals surface area contributed by atoms with E-state index in [1.54, 1.807) is 18.2 Å². The number of pyridine rings is 2. The first-order chi connectivity index (χ1) is 18.9. The quantitative estimate of drug-likeness (QED) is 0.323. The molecule has 6 nitrogen and oxygen atoms in total. The predicted octanol–water partition coefficient (Wildman–Crippen LogP) is 5.73. The Balaban J connectivity index is 1.40. The van der Waals surface area contributed by atoms with Crippen molar-refractivity contribution < 1.29 is 9.18 Å². The van der Waals surface area contributed by atoms with Crippen LogP contribution in [0.5, 0.6) is 0 Å². The minimum Gasteiger partial charge on any atom is -0.354 e. The van der Waals surface area contributed by atoms with Crippen LogP contribution in [-0.2, 0) is 17.8 Å². The molecule has 2 aliphatic heterocycles. The van der Waals surface area contributed by atoms with Crippen LogP contribution in [0.3, 0.4) is 0 Å². The molecule has 5 rings (SSSR count). The molecule has 206 valence electrons. The third kappa shape index (κ3) is 7.14. The van der Waals surface area contributed by atoms with E-state index in [-0.39, 0.29) is 5.82 Å². The minimum atomic E-state index is -0.287. The number of hydrogen-bond acceptors (Lipinski definition) is 6. The fraction of sp³-hybridized carbons (Fsp3) is 0.433. The number of aromatic nitrogens is 2. The van der Waals surface area contributed by atoms with Crippen molar-refractivity contribution in [2.45, 2.75) is 32.2 Å². The average molecular weight is 571 g/mol. The zero-order chi connectivity index (χ0) is 27.4. The highest BCUT2D eigenvalue weighted by molar-refractivity contribution is 6.35. The van der Waals surface area contributed by atoms with Crippen LogP contribution in [0.2, 0.25) is 10.0 Å². The van der Waals surface area contributed by atoms with E-state index in [1.807, 2.05) is 24.4 Å². The van der Waals surface area contributed by atoms with Crippen LogP contribution < -0.4 is 4.90 Å². The number of carbonyl (C=O) groups is 1. The third-order valence-corrected chi connectivity index (χ3v) is 8.24. The van der Waals surface area contributed by atoms with Gasteiger partial charge in [0.25, 0.3) is 0 Å². The lowest BCUT2D eigenvalue weighted by Gasteiger charge is -2.33. The summed E-state index contributed by atoms with van der Waals surface area (Å²) in [7, 11) is 2.13. The van der Waals surface area contributed by atoms with Crippen molar-refractivity contribution in [2.75, 3.05) is 51.2 Å². The molecule has 0 unspecified atom stereocenters. The summed E-state index contributed by atoms with van der Waals surface area (Å²) >= 11 is 12.6. The van der Waals surface area contributed by atoms with Gasteiger partial charge in [0.1, 0.15) is 17.9 Å². The highest BCUT2D eigenvalue weighted by Gasteiger charge is 2.22. The molecule has 1 aromatic carbocycles. The second-order valence-electron chi connectivity index (χ2n) is 10.7. The molecule has 0 amide bonds. The monoisotopic (exact) mass is 569 g/mol. The molecule has 2 saturated heterocycles. The molecule has 0 aliphatic carbocycles. The Morgan fingerprint density at radius 1 is 1.00 bits per heavy atom. The van der Waals surface area contributed by atoms with Crippen LogP contribution >= 0.6 is 23.2 Å². The predicted molar refractivity (Wildman–Crippen MR) is 155 cm³/mol. The summed E-state index contributed by atoms with van der Waals surface area (Å²) in [6.07, 6.45) is 5.65. The maximum absolute atomic E-state index is 16.0. The van der Waals surface area contributed by atoms with Gasteiger partial charge >= 0.3 is 0 Å². The smallest absolute Gasteiger partial charge is 0.149 e. The summed E-state index contributed by atoms with van der Waals surface area (Å²) < 4.78 is 16.0. The van der Waals surface area contributed by atoms with Gasteiger partial charge in [-0.05, 0) is 74.8 Å². The first-order valence-electron chi connectivity index (χ1n) is 13.6. The van der Waals surface area contributed by atoms with Gasteiger partial charge in [-0.3, -0.25) is 4.90 Å². The van der Waals surface area contributed by atoms with Gasteiger partial charge in [0.05, 0.1) is 11.4 Å². The average Bonchev–Trinajstić information content (AvgIpc) is 2.92. The molecule has 39 heavy (non-hydrogen) atoms. The number of rotatable bonds is 8. The Labute approximate surface area is 239 Å². The molecule has 0 radical (unpaired) electrons. The van der Waals surface area contributed by atoms with Gasteiger partial charge in [-0.1, -0.05) is 29.3 Å². The molecule has 2 aromatic heterocycles. The molecule has 0 bridgehead atoms.